The first-order valence-electron chi connectivity index (χ1n) is 6.39. The molecule has 0 aromatic carbocycles. The summed E-state index contributed by atoms with van der Waals surface area (Å²) in [5, 5.41) is 3.24. The van der Waals surface area contributed by atoms with Gasteiger partial charge in [0, 0.05) is 19.1 Å². The van der Waals surface area contributed by atoms with Crippen LogP contribution in [0.25, 0.3) is 0 Å². The lowest BCUT2D eigenvalue weighted by Crippen LogP contribution is -2.49. The molecule has 6 heteroatoms. The third-order valence-corrected chi connectivity index (χ3v) is 3.52. The molecule has 1 rings (SSSR count). The number of halogens is 3. The average molecular weight is 268 g/mol. The molecule has 0 radical (unpaired) electrons. The van der Waals surface area contributed by atoms with E-state index in [1.165, 1.54) is 4.90 Å². The van der Waals surface area contributed by atoms with E-state index >= 15 is 0 Å². The molecule has 0 spiro atoms. The second-order valence-electron chi connectivity index (χ2n) is 5.10. The maximum Gasteiger partial charge on any atom is 0.401 e. The molecule has 0 aromatic heterocycles. The standard InChI is InChI=1S/C12H23F3N2O/c1-3-17(9-12(13,14)15)8-11(10-18-2)4-6-16-7-5-11/h16H,3-10H2,1-2H3. The van der Waals surface area contributed by atoms with Crippen molar-refractivity contribution in [2.24, 2.45) is 5.41 Å². The van der Waals surface area contributed by atoms with Crippen molar-refractivity contribution in [3.8, 4) is 0 Å². The lowest BCUT2D eigenvalue weighted by atomic mass is 9.79. The van der Waals surface area contributed by atoms with Gasteiger partial charge in [0.05, 0.1) is 13.2 Å². The number of alkyl halides is 3. The van der Waals surface area contributed by atoms with Gasteiger partial charge in [0.25, 0.3) is 0 Å². The number of nitrogens with one attached hydrogen (secondary N) is 1. The fourth-order valence-electron chi connectivity index (χ4n) is 2.62. The maximum absolute atomic E-state index is 12.5. The summed E-state index contributed by atoms with van der Waals surface area (Å²) < 4.78 is 42.6. The van der Waals surface area contributed by atoms with Gasteiger partial charge in [0.1, 0.15) is 0 Å². The highest BCUT2D eigenvalue weighted by molar-refractivity contribution is 4.87. The average Bonchev–Trinajstić information content (AvgIpc) is 2.28. The summed E-state index contributed by atoms with van der Waals surface area (Å²) in [5.74, 6) is 0. The molecule has 108 valence electrons. The number of hydrogen-bond acceptors (Lipinski definition) is 3. The van der Waals surface area contributed by atoms with Crippen molar-refractivity contribution in [1.29, 1.82) is 0 Å². The summed E-state index contributed by atoms with van der Waals surface area (Å²) >= 11 is 0. The van der Waals surface area contributed by atoms with E-state index in [0.717, 1.165) is 25.9 Å². The number of ether oxygens (including phenoxy) is 1. The predicted octanol–water partition coefficient (Wildman–Crippen LogP) is 1.89. The first-order chi connectivity index (χ1) is 8.41. The molecule has 1 N–H and O–H groups in total. The van der Waals surface area contributed by atoms with Gasteiger partial charge in [-0.05, 0) is 32.5 Å². The van der Waals surface area contributed by atoms with Crippen LogP contribution in [0.5, 0.6) is 0 Å². The fourth-order valence-corrected chi connectivity index (χ4v) is 2.62. The molecule has 0 saturated carbocycles. The monoisotopic (exact) mass is 268 g/mol. The van der Waals surface area contributed by atoms with Crippen LogP contribution in [-0.2, 0) is 4.74 Å². The van der Waals surface area contributed by atoms with Gasteiger partial charge in [-0.25, -0.2) is 0 Å². The molecule has 0 aliphatic carbocycles. The SMILES string of the molecule is CCN(CC(F)(F)F)CC1(COC)CCNCC1. The zero-order valence-corrected chi connectivity index (χ0v) is 11.1. The van der Waals surface area contributed by atoms with Crippen LogP contribution >= 0.6 is 0 Å². The molecule has 0 aromatic rings. The molecule has 18 heavy (non-hydrogen) atoms. The quantitative estimate of drug-likeness (QED) is 0.796. The van der Waals surface area contributed by atoms with E-state index in [9.17, 15) is 13.2 Å². The molecular formula is C12H23F3N2O. The largest absolute Gasteiger partial charge is 0.401 e. The summed E-state index contributed by atoms with van der Waals surface area (Å²) in [6.45, 7) is 4.05. The number of piperidine rings is 1. The van der Waals surface area contributed by atoms with Gasteiger partial charge < -0.3 is 10.1 Å². The molecule has 3 nitrogen and oxygen atoms in total. The second-order valence-corrected chi connectivity index (χ2v) is 5.10. The van der Waals surface area contributed by atoms with Crippen LogP contribution in [0.15, 0.2) is 0 Å². The molecule has 0 amide bonds. The zero-order valence-electron chi connectivity index (χ0n) is 11.1. The minimum absolute atomic E-state index is 0.138. The van der Waals surface area contributed by atoms with Crippen molar-refractivity contribution in [3.05, 3.63) is 0 Å². The normalized spacial score (nSPS) is 20.3. The second kappa shape index (κ2) is 6.73. The number of rotatable bonds is 6. The topological polar surface area (TPSA) is 24.5 Å². The van der Waals surface area contributed by atoms with E-state index in [1.54, 1.807) is 14.0 Å². The summed E-state index contributed by atoms with van der Waals surface area (Å²) in [6.07, 6.45) is -2.39. The van der Waals surface area contributed by atoms with E-state index in [-0.39, 0.29) is 5.41 Å². The van der Waals surface area contributed by atoms with Crippen LogP contribution in [0.4, 0.5) is 13.2 Å². The smallest absolute Gasteiger partial charge is 0.384 e. The maximum atomic E-state index is 12.5. The minimum atomic E-state index is -4.13. The Balaban J connectivity index is 2.62. The van der Waals surface area contributed by atoms with Crippen molar-refractivity contribution in [2.45, 2.75) is 25.9 Å². The third kappa shape index (κ3) is 5.12. The van der Waals surface area contributed by atoms with Crippen LogP contribution in [-0.4, -0.2) is 57.5 Å². The van der Waals surface area contributed by atoms with Gasteiger partial charge in [-0.2, -0.15) is 13.2 Å². The lowest BCUT2D eigenvalue weighted by Gasteiger charge is -2.40. The molecular weight excluding hydrogens is 245 g/mol. The van der Waals surface area contributed by atoms with E-state index in [2.05, 4.69) is 5.32 Å². The zero-order chi connectivity index (χ0) is 13.6. The lowest BCUT2D eigenvalue weighted by molar-refractivity contribution is -0.150. The highest BCUT2D eigenvalue weighted by Gasteiger charge is 2.37. The van der Waals surface area contributed by atoms with Crippen LogP contribution < -0.4 is 5.32 Å². The molecule has 1 saturated heterocycles. The minimum Gasteiger partial charge on any atom is -0.384 e. The Hall–Kier alpha value is -0.330. The van der Waals surface area contributed by atoms with Gasteiger partial charge in [-0.15, -0.1) is 0 Å². The van der Waals surface area contributed by atoms with E-state index in [1.807, 2.05) is 0 Å². The van der Waals surface area contributed by atoms with Crippen molar-refractivity contribution in [2.75, 3.05) is 46.4 Å². The van der Waals surface area contributed by atoms with Crippen LogP contribution in [0.3, 0.4) is 0 Å². The van der Waals surface area contributed by atoms with Crippen molar-refractivity contribution >= 4 is 0 Å². The Bertz CT molecular complexity index is 234. The van der Waals surface area contributed by atoms with Gasteiger partial charge in [-0.3, -0.25) is 4.90 Å². The van der Waals surface area contributed by atoms with Gasteiger partial charge in [-0.1, -0.05) is 6.92 Å². The summed E-state index contributed by atoms with van der Waals surface area (Å²) in [7, 11) is 1.61. The van der Waals surface area contributed by atoms with Crippen molar-refractivity contribution < 1.29 is 17.9 Å². The Morgan fingerprint density at radius 2 is 1.89 bits per heavy atom. The molecule has 0 bridgehead atoms. The summed E-state index contributed by atoms with van der Waals surface area (Å²) in [4.78, 5) is 1.48. The number of hydrogen-bond donors (Lipinski definition) is 1. The summed E-state index contributed by atoms with van der Waals surface area (Å²) in [5.41, 5.74) is -0.138. The Labute approximate surface area is 107 Å². The molecule has 1 fully saturated rings. The first kappa shape index (κ1) is 15.7. The summed E-state index contributed by atoms with van der Waals surface area (Å²) in [6, 6.07) is 0. The van der Waals surface area contributed by atoms with Crippen LogP contribution in [0.1, 0.15) is 19.8 Å². The van der Waals surface area contributed by atoms with E-state index < -0.39 is 12.7 Å². The number of nitrogens with zero attached hydrogens (tertiary/aromatic N) is 1. The van der Waals surface area contributed by atoms with Gasteiger partial charge in [0.15, 0.2) is 0 Å². The highest BCUT2D eigenvalue weighted by atomic mass is 19.4. The molecule has 1 aliphatic rings. The molecule has 0 atom stereocenters. The Morgan fingerprint density at radius 3 is 2.33 bits per heavy atom. The van der Waals surface area contributed by atoms with Crippen LogP contribution in [0, 0.1) is 5.41 Å². The van der Waals surface area contributed by atoms with Gasteiger partial charge >= 0.3 is 6.18 Å². The number of methoxy groups -OCH3 is 1. The van der Waals surface area contributed by atoms with Crippen LogP contribution in [0.2, 0.25) is 0 Å². The van der Waals surface area contributed by atoms with Gasteiger partial charge in [0.2, 0.25) is 0 Å². The third-order valence-electron chi connectivity index (χ3n) is 3.52. The molecule has 1 aliphatic heterocycles. The highest BCUT2D eigenvalue weighted by Crippen LogP contribution is 2.31. The van der Waals surface area contributed by atoms with Crippen molar-refractivity contribution in [1.82, 2.24) is 10.2 Å². The molecule has 0 unspecified atom stereocenters. The van der Waals surface area contributed by atoms with E-state index in [0.29, 0.717) is 19.7 Å². The molecule has 1 heterocycles. The van der Waals surface area contributed by atoms with Crippen molar-refractivity contribution in [3.63, 3.8) is 0 Å². The Morgan fingerprint density at radius 1 is 1.28 bits per heavy atom. The fraction of sp³-hybridized carbons (Fsp3) is 1.00. The Kier molecular flexibility index (Phi) is 5.88. The predicted molar refractivity (Wildman–Crippen MR) is 64.6 cm³/mol. The van der Waals surface area contributed by atoms with E-state index in [4.69, 9.17) is 4.74 Å². The first-order valence-corrected chi connectivity index (χ1v) is 6.39.